The molecule has 2 rings (SSSR count). The van der Waals surface area contributed by atoms with Gasteiger partial charge in [0.25, 0.3) is 15.9 Å². The molecule has 2 N–H and O–H groups in total. The normalized spacial score (nSPS) is 11.0. The van der Waals surface area contributed by atoms with Crippen LogP contribution in [0.25, 0.3) is 0 Å². The summed E-state index contributed by atoms with van der Waals surface area (Å²) in [6, 6.07) is 7.25. The number of sulfonamides is 1. The van der Waals surface area contributed by atoms with Crippen LogP contribution in [-0.2, 0) is 10.0 Å². The largest absolute Gasteiger partial charge is 0.496 e. The molecular weight excluding hydrogens is 396 g/mol. The third-order valence-corrected chi connectivity index (χ3v) is 5.30. The zero-order valence-corrected chi connectivity index (χ0v) is 16.7. The second-order valence-corrected chi connectivity index (χ2v) is 7.46. The highest BCUT2D eigenvalue weighted by atomic mass is 35.5. The van der Waals surface area contributed by atoms with Gasteiger partial charge in [-0.25, -0.2) is 8.42 Å². The first-order valence-corrected chi connectivity index (χ1v) is 9.48. The quantitative estimate of drug-likeness (QED) is 0.674. The van der Waals surface area contributed by atoms with Crippen LogP contribution in [0, 0.1) is 6.92 Å². The van der Waals surface area contributed by atoms with Crippen molar-refractivity contribution in [2.24, 2.45) is 0 Å². The van der Waals surface area contributed by atoms with Gasteiger partial charge < -0.3 is 14.2 Å². The molecule has 0 saturated heterocycles. The van der Waals surface area contributed by atoms with E-state index >= 15 is 0 Å². The lowest BCUT2D eigenvalue weighted by Gasteiger charge is -2.15. The summed E-state index contributed by atoms with van der Waals surface area (Å²) in [7, 11) is 0.153. The van der Waals surface area contributed by atoms with Crippen molar-refractivity contribution in [2.75, 3.05) is 21.3 Å². The molecule has 2 aromatic rings. The van der Waals surface area contributed by atoms with Crippen molar-refractivity contribution in [1.29, 1.82) is 0 Å². The number of carbonyl (C=O) groups is 1. The average Bonchev–Trinajstić information content (AvgIpc) is 2.65. The molecule has 27 heavy (non-hydrogen) atoms. The van der Waals surface area contributed by atoms with Crippen LogP contribution in [-0.4, -0.2) is 35.7 Å². The van der Waals surface area contributed by atoms with E-state index in [-0.39, 0.29) is 22.0 Å². The van der Waals surface area contributed by atoms with E-state index in [1.807, 2.05) is 0 Å². The third-order valence-electron chi connectivity index (χ3n) is 3.68. The number of aryl methyl sites for hydroxylation is 1. The number of amides is 1. The molecule has 8 nitrogen and oxygen atoms in total. The summed E-state index contributed by atoms with van der Waals surface area (Å²) in [4.78, 5) is 14.3. The number of rotatable bonds is 7. The van der Waals surface area contributed by atoms with Crippen LogP contribution in [0.4, 0.5) is 0 Å². The predicted molar refractivity (Wildman–Crippen MR) is 100 cm³/mol. The topological polar surface area (TPSA) is 103 Å². The van der Waals surface area contributed by atoms with Crippen LogP contribution in [0.5, 0.6) is 17.2 Å². The fraction of sp³-hybridized carbons (Fsp3) is 0.235. The lowest BCUT2D eigenvalue weighted by Crippen LogP contribution is -2.41. The van der Waals surface area contributed by atoms with Gasteiger partial charge in [0.1, 0.15) is 5.75 Å². The monoisotopic (exact) mass is 414 g/mol. The van der Waals surface area contributed by atoms with Gasteiger partial charge in [0.05, 0.1) is 31.8 Å². The Morgan fingerprint density at radius 1 is 0.963 bits per heavy atom. The molecule has 0 aliphatic heterocycles. The maximum atomic E-state index is 12.6. The van der Waals surface area contributed by atoms with E-state index in [0.29, 0.717) is 16.3 Å². The lowest BCUT2D eigenvalue weighted by molar-refractivity contribution is 0.0942. The Morgan fingerprint density at radius 2 is 1.56 bits per heavy atom. The molecule has 2 aromatic carbocycles. The summed E-state index contributed by atoms with van der Waals surface area (Å²) >= 11 is 5.89. The number of ether oxygens (including phenoxy) is 3. The Kier molecular flexibility index (Phi) is 6.53. The smallest absolute Gasteiger partial charge is 0.270 e. The van der Waals surface area contributed by atoms with Crippen LogP contribution in [0.1, 0.15) is 15.9 Å². The van der Waals surface area contributed by atoms with E-state index in [1.54, 1.807) is 13.0 Å². The second kappa shape index (κ2) is 8.47. The molecule has 0 saturated carbocycles. The summed E-state index contributed by atoms with van der Waals surface area (Å²) in [5, 5.41) is 0.305. The summed E-state index contributed by atoms with van der Waals surface area (Å²) in [6.45, 7) is 1.60. The molecule has 0 heterocycles. The molecule has 0 aliphatic carbocycles. The van der Waals surface area contributed by atoms with Crippen molar-refractivity contribution in [1.82, 2.24) is 10.3 Å². The minimum absolute atomic E-state index is 0.0708. The molecule has 0 unspecified atom stereocenters. The summed E-state index contributed by atoms with van der Waals surface area (Å²) in [5.41, 5.74) is 2.64. The second-order valence-electron chi connectivity index (χ2n) is 5.38. The first-order chi connectivity index (χ1) is 12.7. The van der Waals surface area contributed by atoms with Gasteiger partial charge in [0.2, 0.25) is 0 Å². The van der Waals surface area contributed by atoms with E-state index in [1.165, 1.54) is 45.6 Å². The Labute approximate surface area is 162 Å². The highest BCUT2D eigenvalue weighted by Crippen LogP contribution is 2.32. The predicted octanol–water partition coefficient (Wildman–Crippen LogP) is 2.30. The van der Waals surface area contributed by atoms with Crippen molar-refractivity contribution < 1.29 is 27.4 Å². The molecule has 1 amide bonds. The number of carbonyl (C=O) groups excluding carboxylic acids is 1. The molecule has 10 heteroatoms. The number of hydrazine groups is 1. The number of benzene rings is 2. The van der Waals surface area contributed by atoms with Crippen LogP contribution in [0.15, 0.2) is 35.2 Å². The molecule has 0 spiro atoms. The lowest BCUT2D eigenvalue weighted by atomic mass is 10.2. The van der Waals surface area contributed by atoms with Gasteiger partial charge in [-0.2, -0.15) is 0 Å². The van der Waals surface area contributed by atoms with E-state index in [0.717, 1.165) is 0 Å². The van der Waals surface area contributed by atoms with Crippen molar-refractivity contribution >= 4 is 27.5 Å². The van der Waals surface area contributed by atoms with Gasteiger partial charge in [-0.3, -0.25) is 10.2 Å². The zero-order valence-electron chi connectivity index (χ0n) is 15.1. The fourth-order valence-electron chi connectivity index (χ4n) is 2.34. The Bertz CT molecular complexity index is 962. The third kappa shape index (κ3) is 4.62. The molecular formula is C17H19ClN2O6S. The van der Waals surface area contributed by atoms with Gasteiger partial charge >= 0.3 is 0 Å². The molecule has 0 fully saturated rings. The van der Waals surface area contributed by atoms with E-state index < -0.39 is 15.9 Å². The maximum Gasteiger partial charge on any atom is 0.270 e. The molecule has 0 bridgehead atoms. The fourth-order valence-corrected chi connectivity index (χ4v) is 3.60. The van der Waals surface area contributed by atoms with Gasteiger partial charge in [0.15, 0.2) is 11.5 Å². The van der Waals surface area contributed by atoms with Gasteiger partial charge in [-0.15, -0.1) is 4.83 Å². The Balaban J connectivity index is 2.27. The van der Waals surface area contributed by atoms with Crippen molar-refractivity contribution in [3.8, 4) is 17.2 Å². The first-order valence-electron chi connectivity index (χ1n) is 7.61. The van der Waals surface area contributed by atoms with E-state index in [9.17, 15) is 13.2 Å². The van der Waals surface area contributed by atoms with Crippen molar-refractivity contribution in [3.05, 3.63) is 46.5 Å². The minimum atomic E-state index is -4.07. The molecule has 0 aromatic heterocycles. The van der Waals surface area contributed by atoms with Crippen LogP contribution in [0.2, 0.25) is 5.02 Å². The number of methoxy groups -OCH3 is 3. The standard InChI is InChI=1S/C17H19ClN2O6S/c1-10-7-14(25-3)15(26-4)9-16(10)27(22,23)20-19-17(21)12-8-11(18)5-6-13(12)24-2/h5-9,20H,1-4H3,(H,19,21). The van der Waals surface area contributed by atoms with Crippen molar-refractivity contribution in [3.63, 3.8) is 0 Å². The molecule has 0 radical (unpaired) electrons. The minimum Gasteiger partial charge on any atom is -0.496 e. The SMILES string of the molecule is COc1cc(C)c(S(=O)(=O)NNC(=O)c2cc(Cl)ccc2OC)cc1OC. The van der Waals surface area contributed by atoms with E-state index in [2.05, 4.69) is 10.3 Å². The maximum absolute atomic E-state index is 12.6. The van der Waals surface area contributed by atoms with Gasteiger partial charge in [-0.1, -0.05) is 11.6 Å². The molecule has 0 atom stereocenters. The van der Waals surface area contributed by atoms with Crippen molar-refractivity contribution in [2.45, 2.75) is 11.8 Å². The summed E-state index contributed by atoms with van der Waals surface area (Å²) < 4.78 is 40.6. The summed E-state index contributed by atoms with van der Waals surface area (Å²) in [6.07, 6.45) is 0. The van der Waals surface area contributed by atoms with Crippen LogP contribution in [0.3, 0.4) is 0 Å². The number of halogens is 1. The Hall–Kier alpha value is -2.49. The number of hydrogen-bond acceptors (Lipinski definition) is 6. The average molecular weight is 415 g/mol. The van der Waals surface area contributed by atoms with Gasteiger partial charge in [0, 0.05) is 11.1 Å². The number of nitrogens with one attached hydrogen (secondary N) is 2. The highest BCUT2D eigenvalue weighted by molar-refractivity contribution is 7.89. The molecule has 146 valence electrons. The Morgan fingerprint density at radius 3 is 2.15 bits per heavy atom. The molecule has 0 aliphatic rings. The van der Waals surface area contributed by atoms with Gasteiger partial charge in [-0.05, 0) is 36.8 Å². The first kappa shape index (κ1) is 20.8. The zero-order chi connectivity index (χ0) is 20.2. The van der Waals surface area contributed by atoms with E-state index in [4.69, 9.17) is 25.8 Å². The number of hydrogen-bond donors (Lipinski definition) is 2. The van der Waals surface area contributed by atoms with Crippen LogP contribution >= 0.6 is 11.6 Å². The highest BCUT2D eigenvalue weighted by Gasteiger charge is 2.22. The summed E-state index contributed by atoms with van der Waals surface area (Å²) in [5.74, 6) is 0.155. The van der Waals surface area contributed by atoms with Crippen LogP contribution < -0.4 is 24.5 Å².